The Morgan fingerprint density at radius 1 is 1.30 bits per heavy atom. The molecule has 0 radical (unpaired) electrons. The van der Waals surface area contributed by atoms with Crippen LogP contribution in [0.15, 0.2) is 29.2 Å². The number of imide groups is 1. The molecule has 0 bridgehead atoms. The first-order valence-corrected chi connectivity index (χ1v) is 10.1. The SMILES string of the molecule is Cc1ccc2nc(COC(=O)CN3C(=O)NC4(CCCCC4C)C3=O)cc(=O)n2c1. The maximum Gasteiger partial charge on any atom is 0.326 e. The Labute approximate surface area is 173 Å². The molecule has 2 atom stereocenters. The fourth-order valence-corrected chi connectivity index (χ4v) is 4.30. The van der Waals surface area contributed by atoms with Gasteiger partial charge in [0.15, 0.2) is 0 Å². The van der Waals surface area contributed by atoms with Gasteiger partial charge in [-0.2, -0.15) is 0 Å². The zero-order chi connectivity index (χ0) is 21.5. The minimum absolute atomic E-state index is 0.0159. The molecule has 1 aliphatic heterocycles. The molecule has 2 fully saturated rings. The van der Waals surface area contributed by atoms with E-state index in [0.29, 0.717) is 17.8 Å². The third-order valence-electron chi connectivity index (χ3n) is 6.03. The van der Waals surface area contributed by atoms with Crippen molar-refractivity contribution >= 4 is 23.6 Å². The first-order chi connectivity index (χ1) is 14.3. The molecular weight excluding hydrogens is 388 g/mol. The number of carbonyl (C=O) groups excluding carboxylic acids is 3. The summed E-state index contributed by atoms with van der Waals surface area (Å²) in [5.74, 6) is -1.08. The maximum atomic E-state index is 12.9. The lowest BCUT2D eigenvalue weighted by atomic mass is 9.73. The number of amides is 3. The van der Waals surface area contributed by atoms with Crippen LogP contribution in [0.4, 0.5) is 4.79 Å². The van der Waals surface area contributed by atoms with Crippen molar-refractivity contribution in [2.45, 2.75) is 51.7 Å². The molecule has 2 unspecified atom stereocenters. The van der Waals surface area contributed by atoms with Crippen molar-refractivity contribution in [3.8, 4) is 0 Å². The Bertz CT molecular complexity index is 1090. The molecule has 1 saturated heterocycles. The Hall–Kier alpha value is -3.23. The minimum Gasteiger partial charge on any atom is -0.458 e. The number of hydrogen-bond donors (Lipinski definition) is 1. The molecule has 9 heteroatoms. The molecule has 9 nitrogen and oxygen atoms in total. The van der Waals surface area contributed by atoms with Crippen molar-refractivity contribution in [1.29, 1.82) is 0 Å². The first kappa shape index (κ1) is 20.1. The smallest absolute Gasteiger partial charge is 0.326 e. The highest BCUT2D eigenvalue weighted by molar-refractivity contribution is 6.08. The highest BCUT2D eigenvalue weighted by Crippen LogP contribution is 2.38. The van der Waals surface area contributed by atoms with Gasteiger partial charge in [0.05, 0.1) is 5.69 Å². The number of esters is 1. The van der Waals surface area contributed by atoms with Crippen LogP contribution in [0, 0.1) is 12.8 Å². The van der Waals surface area contributed by atoms with Gasteiger partial charge in [0.25, 0.3) is 11.5 Å². The molecule has 3 amide bonds. The molecule has 1 saturated carbocycles. The minimum atomic E-state index is -0.914. The topological polar surface area (TPSA) is 110 Å². The molecule has 2 aromatic heterocycles. The van der Waals surface area contributed by atoms with Crippen LogP contribution in [0.25, 0.3) is 5.65 Å². The maximum absolute atomic E-state index is 12.9. The van der Waals surface area contributed by atoms with Crippen LogP contribution in [0.3, 0.4) is 0 Å². The normalized spacial score (nSPS) is 23.8. The quantitative estimate of drug-likeness (QED) is 0.603. The second-order valence-corrected chi connectivity index (χ2v) is 8.12. The van der Waals surface area contributed by atoms with Crippen LogP contribution in [-0.2, 0) is 20.9 Å². The van der Waals surface area contributed by atoms with Crippen molar-refractivity contribution in [2.24, 2.45) is 5.92 Å². The van der Waals surface area contributed by atoms with Crippen molar-refractivity contribution in [3.05, 3.63) is 46.0 Å². The van der Waals surface area contributed by atoms with Crippen LogP contribution < -0.4 is 10.9 Å². The van der Waals surface area contributed by atoms with Gasteiger partial charge in [-0.3, -0.25) is 23.7 Å². The van der Waals surface area contributed by atoms with Gasteiger partial charge in [0.2, 0.25) is 0 Å². The molecule has 30 heavy (non-hydrogen) atoms. The monoisotopic (exact) mass is 412 g/mol. The van der Waals surface area contributed by atoms with E-state index in [4.69, 9.17) is 4.74 Å². The first-order valence-electron chi connectivity index (χ1n) is 10.1. The fourth-order valence-electron chi connectivity index (χ4n) is 4.30. The number of hydrogen-bond acceptors (Lipinski definition) is 6. The summed E-state index contributed by atoms with van der Waals surface area (Å²) in [6.07, 6.45) is 4.99. The molecule has 3 heterocycles. The third-order valence-corrected chi connectivity index (χ3v) is 6.03. The van der Waals surface area contributed by atoms with E-state index < -0.39 is 24.1 Å². The average Bonchev–Trinajstić information content (AvgIpc) is 2.94. The van der Waals surface area contributed by atoms with Gasteiger partial charge < -0.3 is 10.1 Å². The van der Waals surface area contributed by atoms with Gasteiger partial charge in [0, 0.05) is 12.3 Å². The molecular formula is C21H24N4O5. The second kappa shape index (κ2) is 7.55. The highest BCUT2D eigenvalue weighted by atomic mass is 16.5. The molecule has 2 aromatic rings. The summed E-state index contributed by atoms with van der Waals surface area (Å²) < 4.78 is 6.61. The van der Waals surface area contributed by atoms with E-state index in [1.165, 1.54) is 10.5 Å². The Morgan fingerprint density at radius 3 is 2.87 bits per heavy atom. The summed E-state index contributed by atoms with van der Waals surface area (Å²) in [6, 6.07) is 4.27. The number of rotatable bonds is 4. The van der Waals surface area contributed by atoms with E-state index in [9.17, 15) is 19.2 Å². The lowest BCUT2D eigenvalue weighted by Crippen LogP contribution is -2.54. The van der Waals surface area contributed by atoms with E-state index in [2.05, 4.69) is 10.3 Å². The van der Waals surface area contributed by atoms with E-state index >= 15 is 0 Å². The Balaban J connectivity index is 1.42. The van der Waals surface area contributed by atoms with Crippen LogP contribution in [0.5, 0.6) is 0 Å². The number of aromatic nitrogens is 2. The number of fused-ring (bicyclic) bond motifs is 1. The zero-order valence-corrected chi connectivity index (χ0v) is 17.0. The number of urea groups is 1. The number of nitrogens with zero attached hydrogens (tertiary/aromatic N) is 3. The van der Waals surface area contributed by atoms with Crippen LogP contribution in [0.2, 0.25) is 0 Å². The molecule has 1 aliphatic carbocycles. The van der Waals surface area contributed by atoms with Crippen molar-refractivity contribution in [3.63, 3.8) is 0 Å². The lowest BCUT2D eigenvalue weighted by molar-refractivity contribution is -0.149. The van der Waals surface area contributed by atoms with Gasteiger partial charge in [-0.15, -0.1) is 0 Å². The van der Waals surface area contributed by atoms with Crippen molar-refractivity contribution in [2.75, 3.05) is 6.54 Å². The second-order valence-electron chi connectivity index (χ2n) is 8.12. The number of ether oxygens (including phenoxy) is 1. The van der Waals surface area contributed by atoms with Gasteiger partial charge >= 0.3 is 12.0 Å². The van der Waals surface area contributed by atoms with Crippen LogP contribution >= 0.6 is 0 Å². The van der Waals surface area contributed by atoms with Crippen LogP contribution in [0.1, 0.15) is 43.9 Å². The predicted molar refractivity (Wildman–Crippen MR) is 107 cm³/mol. The van der Waals surface area contributed by atoms with Gasteiger partial charge in [-0.25, -0.2) is 9.78 Å². The number of carbonyl (C=O) groups is 3. The third kappa shape index (κ3) is 3.44. The molecule has 1 spiro atoms. The zero-order valence-electron chi connectivity index (χ0n) is 17.0. The molecule has 2 aliphatic rings. The summed E-state index contributed by atoms with van der Waals surface area (Å²) in [5, 5.41) is 2.80. The highest BCUT2D eigenvalue weighted by Gasteiger charge is 2.55. The summed E-state index contributed by atoms with van der Waals surface area (Å²) >= 11 is 0. The largest absolute Gasteiger partial charge is 0.458 e. The summed E-state index contributed by atoms with van der Waals surface area (Å²) in [7, 11) is 0. The van der Waals surface area contributed by atoms with Gasteiger partial charge in [-0.1, -0.05) is 25.8 Å². The van der Waals surface area contributed by atoms with Gasteiger partial charge in [0.1, 0.15) is 24.3 Å². The Kier molecular flexibility index (Phi) is 5.05. The number of nitrogens with one attached hydrogen (secondary N) is 1. The Morgan fingerprint density at radius 2 is 2.10 bits per heavy atom. The molecule has 4 rings (SSSR count). The summed E-state index contributed by atoms with van der Waals surface area (Å²) in [6.45, 7) is 3.13. The van der Waals surface area contributed by atoms with Crippen molar-refractivity contribution in [1.82, 2.24) is 19.6 Å². The fraction of sp³-hybridized carbons (Fsp3) is 0.476. The number of pyridine rings is 1. The van der Waals surface area contributed by atoms with Crippen LogP contribution in [-0.4, -0.2) is 44.3 Å². The summed E-state index contributed by atoms with van der Waals surface area (Å²) in [4.78, 5) is 55.1. The molecule has 1 N–H and O–H groups in total. The summed E-state index contributed by atoms with van der Waals surface area (Å²) in [5.41, 5.74) is 0.469. The van der Waals surface area contributed by atoms with Crippen molar-refractivity contribution < 1.29 is 19.1 Å². The van der Waals surface area contributed by atoms with E-state index in [1.807, 2.05) is 19.9 Å². The van der Waals surface area contributed by atoms with Gasteiger partial charge in [-0.05, 0) is 37.3 Å². The molecule has 0 aromatic carbocycles. The lowest BCUT2D eigenvalue weighted by Gasteiger charge is -2.36. The van der Waals surface area contributed by atoms with E-state index in [1.54, 1.807) is 12.3 Å². The molecule has 158 valence electrons. The number of aryl methyl sites for hydroxylation is 1. The standard InChI is InChI=1S/C21H24N4O5/c1-13-6-7-16-22-15(9-17(26)24(16)10-13)12-30-18(27)11-25-19(28)21(23-20(25)29)8-4-3-5-14(21)2/h6-7,9-10,14H,3-5,8,11-12H2,1-2H3,(H,23,29). The van der Waals surface area contributed by atoms with E-state index in [-0.39, 0.29) is 24.0 Å². The van der Waals surface area contributed by atoms with E-state index in [0.717, 1.165) is 29.7 Å². The predicted octanol–water partition coefficient (Wildman–Crippen LogP) is 1.55. The average molecular weight is 412 g/mol.